The van der Waals surface area contributed by atoms with Crippen molar-refractivity contribution in [3.63, 3.8) is 0 Å². The van der Waals surface area contributed by atoms with Gasteiger partial charge in [-0.25, -0.2) is 0 Å². The maximum atomic E-state index is 12.6. The molecular weight excluding hydrogens is 764 g/mol. The van der Waals surface area contributed by atoms with E-state index in [0.29, 0.717) is 42.1 Å². The molecule has 0 bridgehead atoms. The van der Waals surface area contributed by atoms with Crippen LogP contribution in [-0.4, -0.2) is 68.7 Å². The summed E-state index contributed by atoms with van der Waals surface area (Å²) in [7, 11) is 1.44. The maximum absolute atomic E-state index is 12.6. The minimum absolute atomic E-state index is 0.0395. The van der Waals surface area contributed by atoms with Crippen molar-refractivity contribution in [1.82, 2.24) is 9.80 Å². The summed E-state index contributed by atoms with van der Waals surface area (Å²) in [6.07, 6.45) is 1.19. The molecule has 4 aromatic carbocycles. The molecule has 0 fully saturated rings. The molecule has 2 aliphatic rings. The van der Waals surface area contributed by atoms with Crippen LogP contribution in [-0.2, 0) is 32.0 Å². The number of amides is 2. The Morgan fingerprint density at radius 1 is 0.698 bits per heavy atom. The molecule has 53 heavy (non-hydrogen) atoms. The maximum Gasteiger partial charge on any atom is 0.290 e. The smallest absolute Gasteiger partial charge is 0.290 e. The van der Waals surface area contributed by atoms with Gasteiger partial charge in [-0.2, -0.15) is 0 Å². The Balaban J connectivity index is 0.000000204. The summed E-state index contributed by atoms with van der Waals surface area (Å²) in [5.41, 5.74) is 3.48. The number of aliphatic hydroxyl groups excluding tert-OH is 2. The Kier molecular flexibility index (Phi) is 12.4. The summed E-state index contributed by atoms with van der Waals surface area (Å²) < 4.78 is 5.78. The number of Topliss-reactive ketones (excluding diaryl/α,β-unsaturated/α-hetero) is 2. The fourth-order valence-corrected chi connectivity index (χ4v) is 6.96. The third kappa shape index (κ3) is 8.48. The second kappa shape index (κ2) is 17.0. The number of halogens is 2. The average Bonchev–Trinajstić information content (AvgIpc) is 3.56. The van der Waals surface area contributed by atoms with Crippen molar-refractivity contribution in [1.29, 1.82) is 0 Å². The van der Waals surface area contributed by atoms with Gasteiger partial charge in [-0.05, 0) is 89.1 Å². The molecule has 274 valence electrons. The number of carbonyl (C=O) groups excluding carboxylic acids is 4. The molecule has 3 N–H and O–H groups in total. The fraction of sp³-hybridized carbons (Fsp3) is 0.220. The van der Waals surface area contributed by atoms with Crippen LogP contribution >= 0.6 is 27.5 Å². The molecule has 2 amide bonds. The van der Waals surface area contributed by atoms with Crippen LogP contribution < -0.4 is 4.74 Å². The van der Waals surface area contributed by atoms with E-state index in [-0.39, 0.29) is 34.2 Å². The molecule has 6 rings (SSSR count). The summed E-state index contributed by atoms with van der Waals surface area (Å²) >= 11 is 9.54. The number of methoxy groups -OCH3 is 1. The first-order valence-corrected chi connectivity index (χ1v) is 17.9. The molecular formula is C41H38BrClN2O8. The normalized spacial score (nSPS) is 16.9. The van der Waals surface area contributed by atoms with Crippen molar-refractivity contribution in [3.05, 3.63) is 151 Å². The number of carbonyl (C=O) groups is 4. The number of aliphatic hydroxyl groups is 2. The number of hydrogen-bond acceptors (Lipinski definition) is 8. The zero-order chi connectivity index (χ0) is 38.4. The van der Waals surface area contributed by atoms with Gasteiger partial charge in [0.05, 0.1) is 35.4 Å². The summed E-state index contributed by atoms with van der Waals surface area (Å²) in [6, 6.07) is 28.0. The third-order valence-corrected chi connectivity index (χ3v) is 10.3. The highest BCUT2D eigenvalue weighted by Crippen LogP contribution is 2.41. The van der Waals surface area contributed by atoms with E-state index in [2.05, 4.69) is 15.9 Å². The van der Waals surface area contributed by atoms with Crippen molar-refractivity contribution < 1.29 is 39.2 Å². The van der Waals surface area contributed by atoms with E-state index in [9.17, 15) is 34.5 Å². The molecule has 12 heteroatoms. The van der Waals surface area contributed by atoms with Crippen LogP contribution in [0.5, 0.6) is 11.5 Å². The van der Waals surface area contributed by atoms with E-state index in [4.69, 9.17) is 16.3 Å². The highest BCUT2D eigenvalue weighted by atomic mass is 79.9. The average molecular weight is 802 g/mol. The van der Waals surface area contributed by atoms with Crippen LogP contribution in [0.25, 0.3) is 0 Å². The van der Waals surface area contributed by atoms with E-state index in [0.717, 1.165) is 15.6 Å². The van der Waals surface area contributed by atoms with Gasteiger partial charge in [-0.15, -0.1) is 0 Å². The number of phenolic OH excluding ortho intramolecular Hbond substituents is 1. The molecule has 2 unspecified atom stereocenters. The number of ketones is 2. The van der Waals surface area contributed by atoms with Crippen LogP contribution in [0.4, 0.5) is 0 Å². The molecule has 2 heterocycles. The Bertz CT molecular complexity index is 2100. The van der Waals surface area contributed by atoms with E-state index in [1.54, 1.807) is 30.3 Å². The first-order valence-electron chi connectivity index (χ1n) is 16.7. The second-order valence-electron chi connectivity index (χ2n) is 12.5. The number of aromatic hydroxyl groups is 1. The molecule has 2 atom stereocenters. The lowest BCUT2D eigenvalue weighted by molar-refractivity contribution is -0.130. The number of hydrogen-bond donors (Lipinski definition) is 3. The SMILES string of the molecule is CC(=O)C1=C(O)C(=O)N(CCc2ccccc2)C1c1ccc(Br)c(Cl)c1.COc1ccc(C2C(C(C)=O)=C(O)C(=O)N2CCc2ccccc2)cc1O. The molecule has 0 saturated heterocycles. The molecule has 0 spiro atoms. The van der Waals surface area contributed by atoms with Crippen LogP contribution in [0.1, 0.15) is 48.2 Å². The van der Waals surface area contributed by atoms with Crippen LogP contribution in [0.3, 0.4) is 0 Å². The van der Waals surface area contributed by atoms with E-state index in [1.165, 1.54) is 36.8 Å². The minimum Gasteiger partial charge on any atom is -0.504 e. The van der Waals surface area contributed by atoms with Gasteiger partial charge in [-0.1, -0.05) is 84.4 Å². The van der Waals surface area contributed by atoms with Gasteiger partial charge in [0.15, 0.2) is 34.6 Å². The Labute approximate surface area is 320 Å². The van der Waals surface area contributed by atoms with Gasteiger partial charge in [0.2, 0.25) is 0 Å². The summed E-state index contributed by atoms with van der Waals surface area (Å²) in [5, 5.41) is 31.1. The third-order valence-electron chi connectivity index (χ3n) is 9.11. The van der Waals surface area contributed by atoms with E-state index >= 15 is 0 Å². The summed E-state index contributed by atoms with van der Waals surface area (Å²) in [5.74, 6) is -2.65. The van der Waals surface area contributed by atoms with Gasteiger partial charge < -0.3 is 29.9 Å². The number of ether oxygens (including phenoxy) is 1. The predicted molar refractivity (Wildman–Crippen MR) is 204 cm³/mol. The second-order valence-corrected chi connectivity index (χ2v) is 13.8. The number of rotatable bonds is 11. The molecule has 0 aromatic heterocycles. The molecule has 2 aliphatic heterocycles. The first kappa shape index (κ1) is 38.8. The van der Waals surface area contributed by atoms with Crippen molar-refractivity contribution in [2.45, 2.75) is 38.8 Å². The summed E-state index contributed by atoms with van der Waals surface area (Å²) in [6.45, 7) is 3.37. The molecule has 0 aliphatic carbocycles. The lowest BCUT2D eigenvalue weighted by Crippen LogP contribution is -2.32. The van der Waals surface area contributed by atoms with Gasteiger partial charge in [-0.3, -0.25) is 19.2 Å². The number of phenols is 1. The van der Waals surface area contributed by atoms with Gasteiger partial charge in [0.1, 0.15) is 0 Å². The van der Waals surface area contributed by atoms with Crippen LogP contribution in [0, 0.1) is 0 Å². The number of benzene rings is 4. The minimum atomic E-state index is -0.754. The number of nitrogens with zero attached hydrogens (tertiary/aromatic N) is 2. The van der Waals surface area contributed by atoms with Crippen molar-refractivity contribution >= 4 is 50.9 Å². The van der Waals surface area contributed by atoms with Gasteiger partial charge >= 0.3 is 0 Å². The standard InChI is InChI=1S/C21H21NO5.C20H17BrClNO3/c1-13(23)18-19(15-8-9-17(27-2)16(24)12-15)22(21(26)20(18)25)11-10-14-6-4-3-5-7-14;1-12(24)17-18(14-7-8-15(21)16(22)11-14)23(20(26)19(17)25)10-9-13-5-3-2-4-6-13/h3-9,12,19,24-25H,10-11H2,1-2H3;2-8,11,18,25H,9-10H2,1H3. The van der Waals surface area contributed by atoms with Crippen molar-refractivity contribution in [3.8, 4) is 11.5 Å². The Morgan fingerprint density at radius 2 is 1.13 bits per heavy atom. The fourth-order valence-electron chi connectivity index (χ4n) is 6.53. The van der Waals surface area contributed by atoms with Gasteiger partial charge in [0, 0.05) is 17.6 Å². The van der Waals surface area contributed by atoms with E-state index in [1.807, 2.05) is 60.7 Å². The Morgan fingerprint density at radius 3 is 1.53 bits per heavy atom. The lowest BCUT2D eigenvalue weighted by Gasteiger charge is -2.27. The molecule has 10 nitrogen and oxygen atoms in total. The van der Waals surface area contributed by atoms with Crippen molar-refractivity contribution in [2.75, 3.05) is 20.2 Å². The zero-order valence-corrected chi connectivity index (χ0v) is 31.6. The highest BCUT2D eigenvalue weighted by molar-refractivity contribution is 9.10. The summed E-state index contributed by atoms with van der Waals surface area (Å²) in [4.78, 5) is 52.4. The molecule has 0 radical (unpaired) electrons. The van der Waals surface area contributed by atoms with Crippen LogP contribution in [0.2, 0.25) is 5.02 Å². The van der Waals surface area contributed by atoms with Crippen molar-refractivity contribution in [2.24, 2.45) is 0 Å². The highest BCUT2D eigenvalue weighted by Gasteiger charge is 2.43. The monoisotopic (exact) mass is 800 g/mol. The zero-order valence-electron chi connectivity index (χ0n) is 29.3. The quantitative estimate of drug-likeness (QED) is 0.141. The first-order chi connectivity index (χ1) is 25.3. The van der Waals surface area contributed by atoms with Gasteiger partial charge in [0.25, 0.3) is 11.8 Å². The molecule has 4 aromatic rings. The topological polar surface area (TPSA) is 145 Å². The Hall–Kier alpha value is -5.39. The lowest BCUT2D eigenvalue weighted by atomic mass is 9.96. The van der Waals surface area contributed by atoms with E-state index < -0.39 is 35.4 Å². The largest absolute Gasteiger partial charge is 0.504 e. The molecule has 0 saturated carbocycles. The predicted octanol–water partition coefficient (Wildman–Crippen LogP) is 7.56. The van der Waals surface area contributed by atoms with Crippen LogP contribution in [0.15, 0.2) is 124 Å².